The third-order valence-electron chi connectivity index (χ3n) is 7.36. The molecule has 1 atom stereocenters. The predicted molar refractivity (Wildman–Crippen MR) is 138 cm³/mol. The van der Waals surface area contributed by atoms with E-state index < -0.39 is 24.9 Å². The van der Waals surface area contributed by atoms with Gasteiger partial charge in [0.2, 0.25) is 5.91 Å². The molecule has 3 aromatic rings. The van der Waals surface area contributed by atoms with Crippen molar-refractivity contribution in [3.8, 4) is 0 Å². The number of fused-ring (bicyclic) bond motifs is 1. The van der Waals surface area contributed by atoms with Crippen LogP contribution in [0.4, 0.5) is 19.0 Å². The summed E-state index contributed by atoms with van der Waals surface area (Å²) in [6.45, 7) is 6.63. The normalized spacial score (nSPS) is 18.7. The van der Waals surface area contributed by atoms with Crippen LogP contribution in [0.3, 0.4) is 0 Å². The van der Waals surface area contributed by atoms with Gasteiger partial charge in [-0.1, -0.05) is 12.1 Å². The lowest BCUT2D eigenvalue weighted by Crippen LogP contribution is -2.49. The van der Waals surface area contributed by atoms with Crippen LogP contribution in [0.25, 0.3) is 10.9 Å². The van der Waals surface area contributed by atoms with Crippen LogP contribution in [0.1, 0.15) is 35.5 Å². The second-order valence-corrected chi connectivity index (χ2v) is 13.1. The van der Waals surface area contributed by atoms with Gasteiger partial charge in [-0.25, -0.2) is 9.97 Å². The number of alkyl halides is 3. The van der Waals surface area contributed by atoms with E-state index in [0.29, 0.717) is 72.2 Å². The Kier molecular flexibility index (Phi) is 6.94. The molecule has 12 heteroatoms. The van der Waals surface area contributed by atoms with Crippen LogP contribution in [0.2, 0.25) is 0 Å². The van der Waals surface area contributed by atoms with Gasteiger partial charge < -0.3 is 19.5 Å². The fourth-order valence-corrected chi connectivity index (χ4v) is 7.50. The molecule has 1 amide bonds. The van der Waals surface area contributed by atoms with E-state index in [1.165, 1.54) is 13.0 Å². The summed E-state index contributed by atoms with van der Waals surface area (Å²) in [5.74, 6) is 0.845. The number of halogens is 3. The molecule has 2 aliphatic rings. The molecule has 5 rings (SSSR count). The fraction of sp³-hybridized carbons (Fsp3) is 0.462. The molecule has 2 saturated heterocycles. The Morgan fingerprint density at radius 2 is 1.89 bits per heavy atom. The maximum atomic E-state index is 13.9. The summed E-state index contributed by atoms with van der Waals surface area (Å²) in [6.07, 6.45) is -2.22. The number of anilines is 1. The first kappa shape index (κ1) is 26.6. The van der Waals surface area contributed by atoms with Crippen LogP contribution in [0.5, 0.6) is 0 Å². The minimum atomic E-state index is -4.45. The molecular weight excluding hydrogens is 518 g/mol. The van der Waals surface area contributed by atoms with Gasteiger partial charge in [-0.15, -0.1) is 0 Å². The van der Waals surface area contributed by atoms with Crippen LogP contribution < -0.4 is 10.8 Å². The summed E-state index contributed by atoms with van der Waals surface area (Å²) < 4.78 is 59.4. The Morgan fingerprint density at radius 1 is 1.18 bits per heavy atom. The van der Waals surface area contributed by atoms with E-state index in [0.717, 1.165) is 6.07 Å². The lowest BCUT2D eigenvalue weighted by molar-refractivity contribution is -0.149. The average Bonchev–Trinajstić information content (AvgIpc) is 2.82. The van der Waals surface area contributed by atoms with E-state index in [9.17, 15) is 22.5 Å². The number of aryl methyl sites for hydroxylation is 1. The third-order valence-corrected chi connectivity index (χ3v) is 10.3. The molecule has 1 N–H and O–H groups in total. The standard InChI is InChI=1S/C26H29F3N5O3P/c1-15-19(5-4-6-21(15)26(27,28)29)16(2)31-24-20-11-23(30-12-22(20)32-17(3)33-24)38(36)9-7-34(8-10-38)25(35)18-13-37-14-18/h4-6,11-12,16,18H,7-10,13-14H2,1-3H3,(H,31,32,33)/t16-/m1/s1. The number of nitrogens with one attached hydrogen (secondary N) is 1. The summed E-state index contributed by atoms with van der Waals surface area (Å²) in [5.41, 5.74) is 0.966. The fourth-order valence-electron chi connectivity index (χ4n) is 5.06. The Hall–Kier alpha value is -3.04. The van der Waals surface area contributed by atoms with Crippen molar-refractivity contribution < 1.29 is 27.3 Å². The molecule has 1 aromatic carbocycles. The summed E-state index contributed by atoms with van der Waals surface area (Å²) in [7, 11) is -2.87. The number of hydrogen-bond acceptors (Lipinski definition) is 7. The van der Waals surface area contributed by atoms with Crippen molar-refractivity contribution in [2.24, 2.45) is 5.92 Å². The molecule has 0 bridgehead atoms. The Labute approximate surface area is 218 Å². The highest BCUT2D eigenvalue weighted by molar-refractivity contribution is 7.71. The zero-order valence-electron chi connectivity index (χ0n) is 21.4. The zero-order chi connectivity index (χ0) is 27.2. The van der Waals surface area contributed by atoms with E-state index in [1.54, 1.807) is 37.1 Å². The lowest BCUT2D eigenvalue weighted by atomic mass is 9.97. The predicted octanol–water partition coefficient (Wildman–Crippen LogP) is 4.31. The number of benzene rings is 1. The van der Waals surface area contributed by atoms with E-state index in [-0.39, 0.29) is 17.4 Å². The van der Waals surface area contributed by atoms with Gasteiger partial charge >= 0.3 is 6.18 Å². The minimum absolute atomic E-state index is 0.0446. The Balaban J connectivity index is 1.42. The van der Waals surface area contributed by atoms with E-state index in [1.807, 2.05) is 0 Å². The molecule has 0 spiro atoms. The Morgan fingerprint density at radius 3 is 2.53 bits per heavy atom. The molecule has 2 fully saturated rings. The molecule has 202 valence electrons. The van der Waals surface area contributed by atoms with Crippen molar-refractivity contribution in [2.75, 3.05) is 43.9 Å². The first-order valence-corrected chi connectivity index (χ1v) is 14.6. The first-order chi connectivity index (χ1) is 18.0. The molecule has 0 saturated carbocycles. The smallest absolute Gasteiger partial charge is 0.380 e. The Bertz CT molecular complexity index is 1430. The van der Waals surface area contributed by atoms with Crippen LogP contribution in [-0.2, 0) is 20.3 Å². The molecule has 0 radical (unpaired) electrons. The number of pyridine rings is 1. The molecular formula is C26H29F3N5O3P. The number of carbonyl (C=O) groups is 1. The summed E-state index contributed by atoms with van der Waals surface area (Å²) in [4.78, 5) is 27.7. The molecule has 2 aliphatic heterocycles. The lowest BCUT2D eigenvalue weighted by Gasteiger charge is -2.36. The summed E-state index contributed by atoms with van der Waals surface area (Å²) >= 11 is 0. The number of ether oxygens (including phenoxy) is 1. The average molecular weight is 548 g/mol. The van der Waals surface area contributed by atoms with Gasteiger partial charge in [0.1, 0.15) is 24.2 Å². The van der Waals surface area contributed by atoms with Crippen molar-refractivity contribution >= 4 is 35.2 Å². The van der Waals surface area contributed by atoms with Gasteiger partial charge in [0.05, 0.1) is 42.5 Å². The van der Waals surface area contributed by atoms with Crippen molar-refractivity contribution in [1.82, 2.24) is 19.9 Å². The van der Waals surface area contributed by atoms with Gasteiger partial charge in [0.15, 0.2) is 0 Å². The third kappa shape index (κ3) is 5.01. The molecule has 4 heterocycles. The molecule has 38 heavy (non-hydrogen) atoms. The molecule has 0 aliphatic carbocycles. The second kappa shape index (κ2) is 9.93. The van der Waals surface area contributed by atoms with Crippen molar-refractivity contribution in [2.45, 2.75) is 33.0 Å². The number of hydrogen-bond donors (Lipinski definition) is 1. The zero-order valence-corrected chi connectivity index (χ0v) is 22.3. The van der Waals surface area contributed by atoms with Crippen LogP contribution in [0, 0.1) is 19.8 Å². The highest BCUT2D eigenvalue weighted by atomic mass is 31.2. The number of amides is 1. The van der Waals surface area contributed by atoms with Crippen LogP contribution in [-0.4, -0.2) is 64.4 Å². The number of aromatic nitrogens is 3. The highest BCUT2D eigenvalue weighted by Gasteiger charge is 2.38. The molecule has 0 unspecified atom stereocenters. The van der Waals surface area contributed by atoms with Crippen molar-refractivity contribution in [1.29, 1.82) is 0 Å². The summed E-state index contributed by atoms with van der Waals surface area (Å²) in [6, 6.07) is 5.36. The second-order valence-electron chi connectivity index (χ2n) is 9.96. The largest absolute Gasteiger partial charge is 0.416 e. The minimum Gasteiger partial charge on any atom is -0.380 e. The number of carbonyl (C=O) groups excluding carboxylic acids is 1. The van der Waals surface area contributed by atoms with Crippen molar-refractivity contribution in [3.63, 3.8) is 0 Å². The highest BCUT2D eigenvalue weighted by Crippen LogP contribution is 2.46. The van der Waals surface area contributed by atoms with Crippen molar-refractivity contribution in [3.05, 3.63) is 53.0 Å². The summed E-state index contributed by atoms with van der Waals surface area (Å²) in [5, 5.41) is 3.85. The van der Waals surface area contributed by atoms with Crippen LogP contribution >= 0.6 is 7.14 Å². The first-order valence-electron chi connectivity index (χ1n) is 12.5. The number of rotatable bonds is 5. The van der Waals surface area contributed by atoms with Gasteiger partial charge in [-0.05, 0) is 44.0 Å². The van der Waals surface area contributed by atoms with Gasteiger partial charge in [0, 0.05) is 30.8 Å². The maximum absolute atomic E-state index is 13.9. The van der Waals surface area contributed by atoms with Crippen LogP contribution in [0.15, 0.2) is 30.5 Å². The van der Waals surface area contributed by atoms with E-state index in [2.05, 4.69) is 20.3 Å². The molecule has 8 nitrogen and oxygen atoms in total. The quantitative estimate of drug-likeness (QED) is 0.476. The molecule has 2 aromatic heterocycles. The monoisotopic (exact) mass is 547 g/mol. The van der Waals surface area contributed by atoms with Gasteiger partial charge in [0.25, 0.3) is 0 Å². The number of nitrogens with zero attached hydrogens (tertiary/aromatic N) is 4. The van der Waals surface area contributed by atoms with E-state index >= 15 is 0 Å². The van der Waals surface area contributed by atoms with Gasteiger partial charge in [-0.3, -0.25) is 9.78 Å². The topological polar surface area (TPSA) is 97.3 Å². The maximum Gasteiger partial charge on any atom is 0.416 e. The van der Waals surface area contributed by atoms with E-state index in [4.69, 9.17) is 4.74 Å². The van der Waals surface area contributed by atoms with Gasteiger partial charge in [-0.2, -0.15) is 13.2 Å². The SMILES string of the molecule is Cc1nc(N[C@H](C)c2cccc(C(F)(F)F)c2C)c2cc(P3(=O)CCN(C(=O)C4COC4)CC3)ncc2n1.